The molecule has 1 heteroatoms. The van der Waals surface area contributed by atoms with Gasteiger partial charge in [0.1, 0.15) is 0 Å². The monoisotopic (exact) mass is 157 g/mol. The lowest BCUT2D eigenvalue weighted by Gasteiger charge is -2.21. The average molecular weight is 157 g/mol. The summed E-state index contributed by atoms with van der Waals surface area (Å²) >= 11 is 0. The van der Waals surface area contributed by atoms with E-state index in [4.69, 9.17) is 5.73 Å². The Morgan fingerprint density at radius 1 is 1.27 bits per heavy atom. The Labute approximate surface area is 71.4 Å². The van der Waals surface area contributed by atoms with Crippen molar-refractivity contribution < 1.29 is 0 Å². The lowest BCUT2D eigenvalue weighted by Crippen LogP contribution is -2.16. The fourth-order valence-corrected chi connectivity index (χ4v) is 1.13. The van der Waals surface area contributed by atoms with E-state index in [2.05, 4.69) is 27.7 Å². The minimum absolute atomic E-state index is 0.475. The van der Waals surface area contributed by atoms with Crippen molar-refractivity contribution in [2.75, 3.05) is 6.54 Å². The Morgan fingerprint density at radius 2 is 1.82 bits per heavy atom. The van der Waals surface area contributed by atoms with Gasteiger partial charge in [-0.1, -0.05) is 34.1 Å². The van der Waals surface area contributed by atoms with Gasteiger partial charge in [-0.2, -0.15) is 0 Å². The molecule has 0 radical (unpaired) electrons. The Balaban J connectivity index is 3.51. The third kappa shape index (κ3) is 6.36. The number of hydrogen-bond acceptors (Lipinski definition) is 1. The van der Waals surface area contributed by atoms with Crippen molar-refractivity contribution in [2.24, 2.45) is 17.1 Å². The van der Waals surface area contributed by atoms with Crippen LogP contribution in [0.3, 0.4) is 0 Å². The summed E-state index contributed by atoms with van der Waals surface area (Å²) < 4.78 is 0. The average Bonchev–Trinajstić information content (AvgIpc) is 1.88. The summed E-state index contributed by atoms with van der Waals surface area (Å²) in [5, 5.41) is 0. The quantitative estimate of drug-likeness (QED) is 0.667. The molecule has 0 aliphatic carbocycles. The fourth-order valence-electron chi connectivity index (χ4n) is 1.13. The summed E-state index contributed by atoms with van der Waals surface area (Å²) in [5.74, 6) is 0.745. The molecule has 0 fully saturated rings. The SMILES string of the molecule is CCC(CN)CCC(C)(C)C. The van der Waals surface area contributed by atoms with Crippen molar-refractivity contribution in [2.45, 2.75) is 47.0 Å². The zero-order valence-electron chi connectivity index (χ0n) is 8.48. The molecule has 1 unspecified atom stereocenters. The van der Waals surface area contributed by atoms with Crippen LogP contribution in [-0.4, -0.2) is 6.54 Å². The van der Waals surface area contributed by atoms with Gasteiger partial charge in [0, 0.05) is 0 Å². The van der Waals surface area contributed by atoms with Gasteiger partial charge in [-0.25, -0.2) is 0 Å². The van der Waals surface area contributed by atoms with Crippen LogP contribution >= 0.6 is 0 Å². The normalized spacial score (nSPS) is 15.0. The van der Waals surface area contributed by atoms with Crippen LogP contribution in [0.15, 0.2) is 0 Å². The molecule has 0 rings (SSSR count). The van der Waals surface area contributed by atoms with Crippen molar-refractivity contribution in [1.82, 2.24) is 0 Å². The molecule has 0 saturated carbocycles. The van der Waals surface area contributed by atoms with Crippen molar-refractivity contribution in [3.8, 4) is 0 Å². The number of rotatable bonds is 4. The zero-order valence-corrected chi connectivity index (χ0v) is 8.48. The molecule has 0 aliphatic rings. The van der Waals surface area contributed by atoms with Gasteiger partial charge in [0.05, 0.1) is 0 Å². The van der Waals surface area contributed by atoms with Gasteiger partial charge >= 0.3 is 0 Å². The lowest BCUT2D eigenvalue weighted by atomic mass is 9.86. The van der Waals surface area contributed by atoms with Gasteiger partial charge in [0.2, 0.25) is 0 Å². The second-order valence-corrected chi connectivity index (χ2v) is 4.61. The number of hydrogen-bond donors (Lipinski definition) is 1. The van der Waals surface area contributed by atoms with E-state index in [1.165, 1.54) is 19.3 Å². The molecule has 2 N–H and O–H groups in total. The maximum absolute atomic E-state index is 5.61. The molecule has 0 spiro atoms. The molecular weight excluding hydrogens is 134 g/mol. The van der Waals surface area contributed by atoms with E-state index < -0.39 is 0 Å². The molecule has 0 aromatic rings. The second kappa shape index (κ2) is 4.76. The van der Waals surface area contributed by atoms with Gasteiger partial charge < -0.3 is 5.73 Å². The topological polar surface area (TPSA) is 26.0 Å². The Bertz CT molecular complexity index is 87.5. The van der Waals surface area contributed by atoms with Crippen LogP contribution in [0.4, 0.5) is 0 Å². The first-order valence-electron chi connectivity index (χ1n) is 4.69. The van der Waals surface area contributed by atoms with Gasteiger partial charge in [0.25, 0.3) is 0 Å². The van der Waals surface area contributed by atoms with Crippen molar-refractivity contribution in [3.63, 3.8) is 0 Å². The van der Waals surface area contributed by atoms with E-state index in [1.807, 2.05) is 0 Å². The Hall–Kier alpha value is -0.0400. The van der Waals surface area contributed by atoms with Crippen LogP contribution in [0.25, 0.3) is 0 Å². The maximum Gasteiger partial charge on any atom is -0.00490 e. The van der Waals surface area contributed by atoms with E-state index in [1.54, 1.807) is 0 Å². The summed E-state index contributed by atoms with van der Waals surface area (Å²) in [7, 11) is 0. The Kier molecular flexibility index (Phi) is 4.74. The third-order valence-electron chi connectivity index (χ3n) is 2.21. The highest BCUT2D eigenvalue weighted by Crippen LogP contribution is 2.24. The smallest absolute Gasteiger partial charge is 0.00490 e. The van der Waals surface area contributed by atoms with Gasteiger partial charge in [0.15, 0.2) is 0 Å². The first-order valence-corrected chi connectivity index (χ1v) is 4.69. The van der Waals surface area contributed by atoms with E-state index in [9.17, 15) is 0 Å². The first-order chi connectivity index (χ1) is 4.99. The zero-order chi connectivity index (χ0) is 8.91. The van der Waals surface area contributed by atoms with Crippen LogP contribution in [-0.2, 0) is 0 Å². The summed E-state index contributed by atoms with van der Waals surface area (Å²) in [6.45, 7) is 9.94. The first kappa shape index (κ1) is 11.0. The predicted octanol–water partition coefficient (Wildman–Crippen LogP) is 2.80. The molecule has 0 aromatic heterocycles. The van der Waals surface area contributed by atoms with E-state index in [0.717, 1.165) is 12.5 Å². The van der Waals surface area contributed by atoms with Gasteiger partial charge in [-0.15, -0.1) is 0 Å². The molecule has 68 valence electrons. The largest absolute Gasteiger partial charge is 0.330 e. The molecule has 1 nitrogen and oxygen atoms in total. The molecule has 0 amide bonds. The minimum Gasteiger partial charge on any atom is -0.330 e. The molecule has 0 saturated heterocycles. The van der Waals surface area contributed by atoms with Gasteiger partial charge in [-0.05, 0) is 30.7 Å². The fraction of sp³-hybridized carbons (Fsp3) is 1.00. The molecule has 0 bridgehead atoms. The second-order valence-electron chi connectivity index (χ2n) is 4.61. The maximum atomic E-state index is 5.61. The Morgan fingerprint density at radius 3 is 2.09 bits per heavy atom. The molecule has 11 heavy (non-hydrogen) atoms. The molecule has 1 atom stereocenters. The van der Waals surface area contributed by atoms with Crippen molar-refractivity contribution in [1.29, 1.82) is 0 Å². The van der Waals surface area contributed by atoms with Crippen molar-refractivity contribution >= 4 is 0 Å². The highest BCUT2D eigenvalue weighted by atomic mass is 14.5. The minimum atomic E-state index is 0.475. The molecular formula is C10H23N. The predicted molar refractivity (Wildman–Crippen MR) is 51.5 cm³/mol. The van der Waals surface area contributed by atoms with Crippen LogP contribution in [0, 0.1) is 11.3 Å². The number of nitrogens with two attached hydrogens (primary N) is 1. The van der Waals surface area contributed by atoms with E-state index >= 15 is 0 Å². The third-order valence-corrected chi connectivity index (χ3v) is 2.21. The molecule has 0 aromatic carbocycles. The summed E-state index contributed by atoms with van der Waals surface area (Å²) in [6.07, 6.45) is 3.81. The summed E-state index contributed by atoms with van der Waals surface area (Å²) in [5.41, 5.74) is 6.09. The van der Waals surface area contributed by atoms with Crippen LogP contribution in [0.5, 0.6) is 0 Å². The van der Waals surface area contributed by atoms with Gasteiger partial charge in [-0.3, -0.25) is 0 Å². The van der Waals surface area contributed by atoms with E-state index in [0.29, 0.717) is 5.41 Å². The van der Waals surface area contributed by atoms with Crippen LogP contribution < -0.4 is 5.73 Å². The van der Waals surface area contributed by atoms with Crippen LogP contribution in [0.1, 0.15) is 47.0 Å². The highest BCUT2D eigenvalue weighted by Gasteiger charge is 2.12. The molecule has 0 heterocycles. The van der Waals surface area contributed by atoms with E-state index in [-0.39, 0.29) is 0 Å². The summed E-state index contributed by atoms with van der Waals surface area (Å²) in [6, 6.07) is 0. The highest BCUT2D eigenvalue weighted by molar-refractivity contribution is 4.65. The standard InChI is InChI=1S/C10H23N/c1-5-9(8-11)6-7-10(2,3)4/h9H,5-8,11H2,1-4H3. The summed E-state index contributed by atoms with van der Waals surface area (Å²) in [4.78, 5) is 0. The van der Waals surface area contributed by atoms with Crippen LogP contribution in [0.2, 0.25) is 0 Å². The molecule has 0 aliphatic heterocycles. The lowest BCUT2D eigenvalue weighted by molar-refractivity contribution is 0.320. The van der Waals surface area contributed by atoms with Crippen molar-refractivity contribution in [3.05, 3.63) is 0 Å².